The summed E-state index contributed by atoms with van der Waals surface area (Å²) in [6.45, 7) is 2.40. The molecule has 0 spiro atoms. The van der Waals surface area contributed by atoms with Gasteiger partial charge in [0, 0.05) is 12.1 Å². The fourth-order valence-corrected chi connectivity index (χ4v) is 1.45. The SMILES string of the molecule is COc1ccc2c(c1)OC(C(C)N)CO2. The van der Waals surface area contributed by atoms with Crippen molar-refractivity contribution in [2.45, 2.75) is 19.1 Å². The second-order valence-corrected chi connectivity index (χ2v) is 3.64. The van der Waals surface area contributed by atoms with E-state index >= 15 is 0 Å². The number of methoxy groups -OCH3 is 1. The van der Waals surface area contributed by atoms with E-state index in [-0.39, 0.29) is 12.1 Å². The van der Waals surface area contributed by atoms with Crippen molar-refractivity contribution < 1.29 is 14.2 Å². The maximum atomic E-state index is 5.76. The molecular formula is C11H15NO3. The first-order valence-corrected chi connectivity index (χ1v) is 4.94. The van der Waals surface area contributed by atoms with Gasteiger partial charge >= 0.3 is 0 Å². The third kappa shape index (κ3) is 1.99. The molecular weight excluding hydrogens is 194 g/mol. The van der Waals surface area contributed by atoms with E-state index in [9.17, 15) is 0 Å². The van der Waals surface area contributed by atoms with Crippen molar-refractivity contribution in [3.8, 4) is 17.2 Å². The van der Waals surface area contributed by atoms with Crippen LogP contribution in [0.4, 0.5) is 0 Å². The molecule has 2 unspecified atom stereocenters. The molecule has 0 radical (unpaired) electrons. The van der Waals surface area contributed by atoms with Gasteiger partial charge in [0.25, 0.3) is 0 Å². The summed E-state index contributed by atoms with van der Waals surface area (Å²) >= 11 is 0. The van der Waals surface area contributed by atoms with Gasteiger partial charge in [-0.15, -0.1) is 0 Å². The quantitative estimate of drug-likeness (QED) is 0.794. The van der Waals surface area contributed by atoms with Crippen molar-refractivity contribution in [1.82, 2.24) is 0 Å². The largest absolute Gasteiger partial charge is 0.497 e. The number of benzene rings is 1. The summed E-state index contributed by atoms with van der Waals surface area (Å²) in [5.74, 6) is 2.19. The summed E-state index contributed by atoms with van der Waals surface area (Å²) < 4.78 is 16.4. The molecule has 0 fully saturated rings. The molecule has 4 nitrogen and oxygen atoms in total. The summed E-state index contributed by atoms with van der Waals surface area (Å²) in [5.41, 5.74) is 5.76. The summed E-state index contributed by atoms with van der Waals surface area (Å²) in [7, 11) is 1.62. The van der Waals surface area contributed by atoms with Crippen molar-refractivity contribution >= 4 is 0 Å². The van der Waals surface area contributed by atoms with Gasteiger partial charge in [0.1, 0.15) is 18.5 Å². The minimum atomic E-state index is -0.0930. The number of nitrogens with two attached hydrogens (primary N) is 1. The van der Waals surface area contributed by atoms with Crippen LogP contribution in [0.25, 0.3) is 0 Å². The van der Waals surface area contributed by atoms with Crippen LogP contribution in [0.5, 0.6) is 17.2 Å². The van der Waals surface area contributed by atoms with Crippen LogP contribution in [-0.4, -0.2) is 25.9 Å². The average molecular weight is 209 g/mol. The number of fused-ring (bicyclic) bond motifs is 1. The molecule has 15 heavy (non-hydrogen) atoms. The summed E-state index contributed by atoms with van der Waals surface area (Å²) in [6, 6.07) is 5.44. The van der Waals surface area contributed by atoms with Gasteiger partial charge in [-0.25, -0.2) is 0 Å². The Morgan fingerprint density at radius 1 is 1.47 bits per heavy atom. The highest BCUT2D eigenvalue weighted by Gasteiger charge is 2.24. The zero-order valence-electron chi connectivity index (χ0n) is 8.90. The van der Waals surface area contributed by atoms with Gasteiger partial charge in [-0.05, 0) is 19.1 Å². The van der Waals surface area contributed by atoms with Crippen molar-refractivity contribution in [1.29, 1.82) is 0 Å². The van der Waals surface area contributed by atoms with Crippen LogP contribution in [0.3, 0.4) is 0 Å². The topological polar surface area (TPSA) is 53.7 Å². The van der Waals surface area contributed by atoms with Crippen LogP contribution < -0.4 is 19.9 Å². The fourth-order valence-electron chi connectivity index (χ4n) is 1.45. The Hall–Kier alpha value is -1.42. The molecule has 2 N–H and O–H groups in total. The van der Waals surface area contributed by atoms with E-state index in [1.165, 1.54) is 0 Å². The molecule has 82 valence electrons. The normalized spacial score (nSPS) is 20.9. The van der Waals surface area contributed by atoms with Crippen LogP contribution in [-0.2, 0) is 0 Å². The first-order valence-electron chi connectivity index (χ1n) is 4.94. The third-order valence-electron chi connectivity index (χ3n) is 2.42. The van der Waals surface area contributed by atoms with Crippen molar-refractivity contribution in [3.05, 3.63) is 18.2 Å². The Morgan fingerprint density at radius 2 is 2.27 bits per heavy atom. The Balaban J connectivity index is 2.23. The molecule has 1 aromatic carbocycles. The summed E-state index contributed by atoms with van der Waals surface area (Å²) in [5, 5.41) is 0. The zero-order chi connectivity index (χ0) is 10.8. The highest BCUT2D eigenvalue weighted by Crippen LogP contribution is 2.35. The van der Waals surface area contributed by atoms with Gasteiger partial charge in [-0.3, -0.25) is 0 Å². The van der Waals surface area contributed by atoms with Gasteiger partial charge in [0.2, 0.25) is 0 Å². The van der Waals surface area contributed by atoms with E-state index in [0.717, 1.165) is 11.5 Å². The average Bonchev–Trinajstić information content (AvgIpc) is 2.27. The van der Waals surface area contributed by atoms with Crippen LogP contribution in [0, 0.1) is 0 Å². The Bertz CT molecular complexity index is 352. The van der Waals surface area contributed by atoms with Gasteiger partial charge in [0.05, 0.1) is 7.11 Å². The molecule has 0 aromatic heterocycles. The van der Waals surface area contributed by atoms with Crippen molar-refractivity contribution in [2.75, 3.05) is 13.7 Å². The van der Waals surface area contributed by atoms with Gasteiger partial charge in [-0.1, -0.05) is 0 Å². The number of hydrogen-bond acceptors (Lipinski definition) is 4. The molecule has 2 atom stereocenters. The maximum Gasteiger partial charge on any atom is 0.165 e. The molecule has 0 saturated heterocycles. The second-order valence-electron chi connectivity index (χ2n) is 3.64. The minimum Gasteiger partial charge on any atom is -0.497 e. The van der Waals surface area contributed by atoms with Gasteiger partial charge in [0.15, 0.2) is 11.5 Å². The van der Waals surface area contributed by atoms with E-state index in [1.807, 2.05) is 25.1 Å². The van der Waals surface area contributed by atoms with Crippen LogP contribution in [0.2, 0.25) is 0 Å². The molecule has 0 bridgehead atoms. The Labute approximate surface area is 88.9 Å². The van der Waals surface area contributed by atoms with E-state index in [1.54, 1.807) is 7.11 Å². The monoisotopic (exact) mass is 209 g/mol. The predicted octanol–water partition coefficient (Wildman–Crippen LogP) is 1.18. The molecule has 2 rings (SSSR count). The molecule has 4 heteroatoms. The predicted molar refractivity (Wildman–Crippen MR) is 56.6 cm³/mol. The lowest BCUT2D eigenvalue weighted by molar-refractivity contribution is 0.0761. The Kier molecular flexibility index (Phi) is 2.68. The van der Waals surface area contributed by atoms with E-state index in [0.29, 0.717) is 12.4 Å². The second kappa shape index (κ2) is 3.98. The molecule has 0 aliphatic carbocycles. The highest BCUT2D eigenvalue weighted by molar-refractivity contribution is 5.46. The standard InChI is InChI=1S/C11H15NO3/c1-7(12)11-6-14-9-4-3-8(13-2)5-10(9)15-11/h3-5,7,11H,6,12H2,1-2H3. The zero-order valence-corrected chi connectivity index (χ0v) is 8.90. The highest BCUT2D eigenvalue weighted by atomic mass is 16.6. The van der Waals surface area contributed by atoms with E-state index in [2.05, 4.69) is 0 Å². The van der Waals surface area contributed by atoms with Crippen molar-refractivity contribution in [3.63, 3.8) is 0 Å². The maximum absolute atomic E-state index is 5.76. The molecule has 0 saturated carbocycles. The third-order valence-corrected chi connectivity index (χ3v) is 2.42. The number of ether oxygens (including phenoxy) is 3. The lowest BCUT2D eigenvalue weighted by Crippen LogP contribution is -2.42. The summed E-state index contributed by atoms with van der Waals surface area (Å²) in [4.78, 5) is 0. The molecule has 1 aromatic rings. The molecule has 1 aliphatic rings. The molecule has 1 heterocycles. The summed E-state index contributed by atoms with van der Waals surface area (Å²) in [6.07, 6.45) is -0.0930. The first-order chi connectivity index (χ1) is 7.20. The smallest absolute Gasteiger partial charge is 0.165 e. The van der Waals surface area contributed by atoms with Crippen LogP contribution >= 0.6 is 0 Å². The first kappa shape index (κ1) is 10.1. The van der Waals surface area contributed by atoms with E-state index in [4.69, 9.17) is 19.9 Å². The fraction of sp³-hybridized carbons (Fsp3) is 0.455. The molecule has 1 aliphatic heterocycles. The lowest BCUT2D eigenvalue weighted by atomic mass is 10.2. The van der Waals surface area contributed by atoms with Gasteiger partial charge in [-0.2, -0.15) is 0 Å². The van der Waals surface area contributed by atoms with Gasteiger partial charge < -0.3 is 19.9 Å². The van der Waals surface area contributed by atoms with Crippen LogP contribution in [0.1, 0.15) is 6.92 Å². The Morgan fingerprint density at radius 3 is 2.93 bits per heavy atom. The molecule has 0 amide bonds. The van der Waals surface area contributed by atoms with Crippen LogP contribution in [0.15, 0.2) is 18.2 Å². The van der Waals surface area contributed by atoms with E-state index < -0.39 is 0 Å². The van der Waals surface area contributed by atoms with Crippen molar-refractivity contribution in [2.24, 2.45) is 5.73 Å². The lowest BCUT2D eigenvalue weighted by Gasteiger charge is -2.28. The number of hydrogen-bond donors (Lipinski definition) is 1. The number of rotatable bonds is 2. The minimum absolute atomic E-state index is 0.0515.